The first-order valence-corrected chi connectivity index (χ1v) is 9.16. The lowest BCUT2D eigenvalue weighted by Crippen LogP contribution is -2.45. The van der Waals surface area contributed by atoms with Gasteiger partial charge in [-0.2, -0.15) is 0 Å². The standard InChI is InChI=1S/C20H32N2O2/c1-14(2)24-19-11-9-17(10-12-19)16(4)21-20(23)22(5)18-8-6-7-15(3)13-18/h9-12,14-16,18H,6-8,13H2,1-5H3,(H,21,23). The van der Waals surface area contributed by atoms with Crippen molar-refractivity contribution in [3.8, 4) is 5.75 Å². The van der Waals surface area contributed by atoms with Crippen LogP contribution < -0.4 is 10.1 Å². The van der Waals surface area contributed by atoms with Crippen LogP contribution in [-0.4, -0.2) is 30.1 Å². The van der Waals surface area contributed by atoms with Crippen molar-refractivity contribution >= 4 is 6.03 Å². The first-order valence-electron chi connectivity index (χ1n) is 9.16. The monoisotopic (exact) mass is 332 g/mol. The largest absolute Gasteiger partial charge is 0.491 e. The van der Waals surface area contributed by atoms with Gasteiger partial charge in [-0.05, 0) is 57.2 Å². The summed E-state index contributed by atoms with van der Waals surface area (Å²) in [6.07, 6.45) is 4.90. The molecule has 0 bridgehead atoms. The minimum absolute atomic E-state index is 0.0177. The number of benzene rings is 1. The third kappa shape index (κ3) is 5.15. The van der Waals surface area contributed by atoms with Gasteiger partial charge in [-0.25, -0.2) is 4.79 Å². The Morgan fingerprint density at radius 3 is 2.46 bits per heavy atom. The van der Waals surface area contributed by atoms with Gasteiger partial charge in [0.15, 0.2) is 0 Å². The van der Waals surface area contributed by atoms with E-state index < -0.39 is 0 Å². The molecule has 1 aromatic rings. The molecule has 0 heterocycles. The average molecular weight is 332 g/mol. The van der Waals surface area contributed by atoms with Crippen LogP contribution in [0.1, 0.15) is 65.0 Å². The summed E-state index contributed by atoms with van der Waals surface area (Å²) >= 11 is 0. The maximum absolute atomic E-state index is 12.5. The molecule has 1 fully saturated rings. The van der Waals surface area contributed by atoms with Gasteiger partial charge in [0, 0.05) is 13.1 Å². The molecule has 1 N–H and O–H groups in total. The van der Waals surface area contributed by atoms with E-state index >= 15 is 0 Å². The lowest BCUT2D eigenvalue weighted by atomic mass is 9.86. The van der Waals surface area contributed by atoms with Crippen molar-refractivity contribution in [1.29, 1.82) is 0 Å². The molecule has 0 saturated heterocycles. The highest BCUT2D eigenvalue weighted by Crippen LogP contribution is 2.27. The third-order valence-electron chi connectivity index (χ3n) is 4.87. The SMILES string of the molecule is CC1CCCC(N(C)C(=O)NC(C)c2ccc(OC(C)C)cc2)C1. The zero-order chi connectivity index (χ0) is 17.7. The van der Waals surface area contributed by atoms with Crippen LogP contribution in [0.5, 0.6) is 5.75 Å². The minimum Gasteiger partial charge on any atom is -0.491 e. The molecular formula is C20H32N2O2. The number of carbonyl (C=O) groups is 1. The summed E-state index contributed by atoms with van der Waals surface area (Å²) in [7, 11) is 1.92. The molecule has 3 atom stereocenters. The molecule has 3 unspecified atom stereocenters. The Kier molecular flexibility index (Phi) is 6.52. The minimum atomic E-state index is -0.0194. The van der Waals surface area contributed by atoms with Crippen molar-refractivity contribution in [3.63, 3.8) is 0 Å². The average Bonchev–Trinajstić information content (AvgIpc) is 2.54. The van der Waals surface area contributed by atoms with E-state index in [2.05, 4.69) is 12.2 Å². The first kappa shape index (κ1) is 18.6. The van der Waals surface area contributed by atoms with Crippen LogP contribution in [-0.2, 0) is 0 Å². The molecule has 134 valence electrons. The van der Waals surface area contributed by atoms with E-state index in [0.29, 0.717) is 12.0 Å². The number of hydrogen-bond acceptors (Lipinski definition) is 2. The van der Waals surface area contributed by atoms with Crippen LogP contribution in [0, 0.1) is 5.92 Å². The molecule has 1 saturated carbocycles. The maximum Gasteiger partial charge on any atom is 0.317 e. The summed E-state index contributed by atoms with van der Waals surface area (Å²) in [6, 6.07) is 8.33. The Bertz CT molecular complexity index is 527. The Balaban J connectivity index is 1.90. The van der Waals surface area contributed by atoms with Crippen molar-refractivity contribution in [2.75, 3.05) is 7.05 Å². The molecule has 1 aromatic carbocycles. The summed E-state index contributed by atoms with van der Waals surface area (Å²) in [6.45, 7) is 8.33. The number of nitrogens with one attached hydrogen (secondary N) is 1. The summed E-state index contributed by atoms with van der Waals surface area (Å²) in [5.41, 5.74) is 1.09. The second-order valence-electron chi connectivity index (χ2n) is 7.44. The normalized spacial score (nSPS) is 22.1. The van der Waals surface area contributed by atoms with Crippen molar-refractivity contribution in [3.05, 3.63) is 29.8 Å². The molecule has 2 amide bonds. The van der Waals surface area contributed by atoms with Gasteiger partial charge < -0.3 is 15.0 Å². The van der Waals surface area contributed by atoms with E-state index in [1.54, 1.807) is 0 Å². The van der Waals surface area contributed by atoms with Crippen molar-refractivity contribution in [2.24, 2.45) is 5.92 Å². The van der Waals surface area contributed by atoms with Crippen LogP contribution in [0.15, 0.2) is 24.3 Å². The Labute approximate surface area is 146 Å². The van der Waals surface area contributed by atoms with Crippen LogP contribution in [0.4, 0.5) is 4.79 Å². The van der Waals surface area contributed by atoms with Gasteiger partial charge in [0.05, 0.1) is 12.1 Å². The molecule has 0 spiro atoms. The topological polar surface area (TPSA) is 41.6 Å². The molecule has 0 radical (unpaired) electrons. The fourth-order valence-electron chi connectivity index (χ4n) is 3.40. The Hall–Kier alpha value is -1.71. The smallest absolute Gasteiger partial charge is 0.317 e. The Morgan fingerprint density at radius 2 is 1.88 bits per heavy atom. The van der Waals surface area contributed by atoms with Gasteiger partial charge >= 0.3 is 6.03 Å². The van der Waals surface area contributed by atoms with Crippen molar-refractivity contribution in [1.82, 2.24) is 10.2 Å². The maximum atomic E-state index is 12.5. The van der Waals surface area contributed by atoms with Gasteiger partial charge in [0.25, 0.3) is 0 Å². The summed E-state index contributed by atoms with van der Waals surface area (Å²) in [5.74, 6) is 1.57. The zero-order valence-corrected chi connectivity index (χ0v) is 15.7. The number of nitrogens with zero attached hydrogens (tertiary/aromatic N) is 1. The van der Waals surface area contributed by atoms with Crippen LogP contribution in [0.3, 0.4) is 0 Å². The van der Waals surface area contributed by atoms with Gasteiger partial charge in [-0.1, -0.05) is 31.9 Å². The fourth-order valence-corrected chi connectivity index (χ4v) is 3.40. The van der Waals surface area contributed by atoms with E-state index in [1.807, 2.05) is 57.0 Å². The van der Waals surface area contributed by atoms with Crippen LogP contribution >= 0.6 is 0 Å². The van der Waals surface area contributed by atoms with Gasteiger partial charge in [-0.15, -0.1) is 0 Å². The van der Waals surface area contributed by atoms with E-state index in [4.69, 9.17) is 4.74 Å². The van der Waals surface area contributed by atoms with Gasteiger partial charge in [0.1, 0.15) is 5.75 Å². The van der Waals surface area contributed by atoms with E-state index in [9.17, 15) is 4.79 Å². The molecule has 0 aliphatic heterocycles. The second kappa shape index (κ2) is 8.41. The molecule has 1 aliphatic rings. The number of urea groups is 1. The van der Waals surface area contributed by atoms with Gasteiger partial charge in [-0.3, -0.25) is 0 Å². The molecule has 24 heavy (non-hydrogen) atoms. The fraction of sp³-hybridized carbons (Fsp3) is 0.650. The quantitative estimate of drug-likeness (QED) is 0.845. The number of hydrogen-bond donors (Lipinski definition) is 1. The molecule has 4 nitrogen and oxygen atoms in total. The van der Waals surface area contributed by atoms with E-state index in [0.717, 1.165) is 24.2 Å². The molecule has 2 rings (SSSR count). The first-order chi connectivity index (χ1) is 11.4. The lowest BCUT2D eigenvalue weighted by Gasteiger charge is -2.34. The van der Waals surface area contributed by atoms with Crippen molar-refractivity contribution < 1.29 is 9.53 Å². The summed E-state index contributed by atoms with van der Waals surface area (Å²) in [4.78, 5) is 14.4. The molecular weight excluding hydrogens is 300 g/mol. The predicted octanol–water partition coefficient (Wildman–Crippen LogP) is 4.75. The molecule has 0 aromatic heterocycles. The lowest BCUT2D eigenvalue weighted by molar-refractivity contribution is 0.158. The third-order valence-corrected chi connectivity index (χ3v) is 4.87. The predicted molar refractivity (Wildman–Crippen MR) is 98.3 cm³/mol. The molecule has 4 heteroatoms. The number of rotatable bonds is 5. The number of amides is 2. The highest BCUT2D eigenvalue weighted by Gasteiger charge is 2.26. The van der Waals surface area contributed by atoms with E-state index in [-0.39, 0.29) is 18.2 Å². The summed E-state index contributed by atoms with van der Waals surface area (Å²) < 4.78 is 5.66. The van der Waals surface area contributed by atoms with E-state index in [1.165, 1.54) is 12.8 Å². The Morgan fingerprint density at radius 1 is 1.21 bits per heavy atom. The highest BCUT2D eigenvalue weighted by atomic mass is 16.5. The van der Waals surface area contributed by atoms with Crippen molar-refractivity contribution in [2.45, 2.75) is 71.6 Å². The molecule has 1 aliphatic carbocycles. The number of ether oxygens (including phenoxy) is 1. The zero-order valence-electron chi connectivity index (χ0n) is 15.7. The summed E-state index contributed by atoms with van der Waals surface area (Å²) in [5, 5.41) is 3.11. The number of carbonyl (C=O) groups excluding carboxylic acids is 1. The highest BCUT2D eigenvalue weighted by molar-refractivity contribution is 5.74. The van der Waals surface area contributed by atoms with Crippen LogP contribution in [0.2, 0.25) is 0 Å². The van der Waals surface area contributed by atoms with Crippen LogP contribution in [0.25, 0.3) is 0 Å². The van der Waals surface area contributed by atoms with Gasteiger partial charge in [0.2, 0.25) is 0 Å². The second-order valence-corrected chi connectivity index (χ2v) is 7.44.